The molecule has 0 fully saturated rings. The van der Waals surface area contributed by atoms with Crippen LogP contribution in [-0.2, 0) is 12.8 Å². The van der Waals surface area contributed by atoms with E-state index in [1.807, 2.05) is 18.5 Å². The van der Waals surface area contributed by atoms with Gasteiger partial charge in [0.05, 0.1) is 5.52 Å². The maximum Gasteiger partial charge on any atom is 0.0529 e. The minimum Gasteiger partial charge on any atom is -0.320 e. The molecule has 1 aliphatic heterocycles. The van der Waals surface area contributed by atoms with E-state index >= 15 is 0 Å². The van der Waals surface area contributed by atoms with Gasteiger partial charge < -0.3 is 9.47 Å². The maximum atomic E-state index is 6.30. The lowest BCUT2D eigenvalue weighted by atomic mass is 10.1. The Morgan fingerprint density at radius 1 is 1.12 bits per heavy atom. The van der Waals surface area contributed by atoms with Crippen LogP contribution in [0.25, 0.3) is 22.7 Å². The van der Waals surface area contributed by atoms with E-state index in [-0.39, 0.29) is 0 Å². The standard InChI is InChI=1S/C21H22ClN3/c1-15(16-5-9-23-10-6-16)14-25-20-4-3-17(22)13-19(20)18-7-11-24(2)12-8-21(18)25/h3-6,9-10,13-14H,7-8,11-12H2,1-2H3/b15-14+. The molecule has 3 nitrogen and oxygen atoms in total. The van der Waals surface area contributed by atoms with Crippen LogP contribution in [0.15, 0.2) is 42.7 Å². The van der Waals surface area contributed by atoms with Gasteiger partial charge >= 0.3 is 0 Å². The first-order valence-corrected chi connectivity index (χ1v) is 9.10. The minimum atomic E-state index is 0.805. The Morgan fingerprint density at radius 3 is 2.68 bits per heavy atom. The van der Waals surface area contributed by atoms with Crippen molar-refractivity contribution in [3.8, 4) is 0 Å². The van der Waals surface area contributed by atoms with Crippen molar-refractivity contribution in [3.63, 3.8) is 0 Å². The van der Waals surface area contributed by atoms with Crippen molar-refractivity contribution in [2.24, 2.45) is 0 Å². The summed E-state index contributed by atoms with van der Waals surface area (Å²) in [5.41, 5.74) is 6.53. The number of likely N-dealkylation sites (N-methyl/N-ethyl adjacent to an activating group) is 1. The summed E-state index contributed by atoms with van der Waals surface area (Å²) in [6.45, 7) is 4.33. The Bertz CT molecular complexity index is 941. The summed E-state index contributed by atoms with van der Waals surface area (Å²) < 4.78 is 2.37. The van der Waals surface area contributed by atoms with Gasteiger partial charge in [0.25, 0.3) is 0 Å². The van der Waals surface area contributed by atoms with E-state index in [1.54, 1.807) is 0 Å². The van der Waals surface area contributed by atoms with E-state index in [4.69, 9.17) is 11.6 Å². The van der Waals surface area contributed by atoms with Gasteiger partial charge in [-0.1, -0.05) is 11.6 Å². The lowest BCUT2D eigenvalue weighted by molar-refractivity contribution is 0.351. The molecule has 0 amide bonds. The molecule has 0 unspecified atom stereocenters. The van der Waals surface area contributed by atoms with Crippen molar-refractivity contribution in [1.82, 2.24) is 14.5 Å². The summed E-state index contributed by atoms with van der Waals surface area (Å²) >= 11 is 6.30. The van der Waals surface area contributed by atoms with Crippen LogP contribution in [0.3, 0.4) is 0 Å². The molecule has 0 atom stereocenters. The summed E-state index contributed by atoms with van der Waals surface area (Å²) in [6, 6.07) is 10.4. The highest BCUT2D eigenvalue weighted by Crippen LogP contribution is 2.32. The molecule has 4 rings (SSSR count). The van der Waals surface area contributed by atoms with Crippen LogP contribution in [0.4, 0.5) is 0 Å². The molecule has 0 saturated carbocycles. The molecular formula is C21H22ClN3. The molecule has 1 aromatic carbocycles. The van der Waals surface area contributed by atoms with E-state index < -0.39 is 0 Å². The molecular weight excluding hydrogens is 330 g/mol. The van der Waals surface area contributed by atoms with Crippen LogP contribution in [-0.4, -0.2) is 34.6 Å². The van der Waals surface area contributed by atoms with Gasteiger partial charge in [0.2, 0.25) is 0 Å². The molecule has 0 radical (unpaired) electrons. The van der Waals surface area contributed by atoms with Gasteiger partial charge in [-0.15, -0.1) is 0 Å². The van der Waals surface area contributed by atoms with Crippen LogP contribution in [0.1, 0.15) is 23.7 Å². The van der Waals surface area contributed by atoms with Crippen molar-refractivity contribution in [2.75, 3.05) is 20.1 Å². The van der Waals surface area contributed by atoms with Gasteiger partial charge in [-0.25, -0.2) is 0 Å². The van der Waals surface area contributed by atoms with E-state index in [2.05, 4.69) is 58.9 Å². The lowest BCUT2D eigenvalue weighted by Crippen LogP contribution is -2.21. The number of benzene rings is 1. The predicted octanol–water partition coefficient (Wildman–Crippen LogP) is 4.74. The summed E-state index contributed by atoms with van der Waals surface area (Å²) in [5.74, 6) is 0. The summed E-state index contributed by atoms with van der Waals surface area (Å²) in [5, 5.41) is 2.09. The largest absolute Gasteiger partial charge is 0.320 e. The van der Waals surface area contributed by atoms with Crippen molar-refractivity contribution in [2.45, 2.75) is 19.8 Å². The lowest BCUT2D eigenvalue weighted by Gasteiger charge is -2.13. The highest BCUT2D eigenvalue weighted by atomic mass is 35.5. The minimum absolute atomic E-state index is 0.805. The van der Waals surface area contributed by atoms with Gasteiger partial charge in [-0.2, -0.15) is 0 Å². The Hall–Kier alpha value is -2.10. The second kappa shape index (κ2) is 6.66. The van der Waals surface area contributed by atoms with E-state index in [1.165, 1.54) is 33.3 Å². The Balaban J connectivity index is 1.91. The van der Waals surface area contributed by atoms with E-state index in [0.29, 0.717) is 0 Å². The third-order valence-corrected chi connectivity index (χ3v) is 5.35. The fourth-order valence-electron chi connectivity index (χ4n) is 3.70. The molecule has 0 saturated heterocycles. The first kappa shape index (κ1) is 16.4. The van der Waals surface area contributed by atoms with Gasteiger partial charge in [-0.3, -0.25) is 4.98 Å². The molecule has 0 spiro atoms. The highest BCUT2D eigenvalue weighted by molar-refractivity contribution is 6.31. The first-order chi connectivity index (χ1) is 12.1. The number of aromatic nitrogens is 2. The Labute approximate surface area is 153 Å². The quantitative estimate of drug-likeness (QED) is 0.665. The second-order valence-corrected chi connectivity index (χ2v) is 7.24. The van der Waals surface area contributed by atoms with Crippen LogP contribution in [0, 0.1) is 0 Å². The molecule has 1 aliphatic rings. The average molecular weight is 352 g/mol. The average Bonchev–Trinajstić information content (AvgIpc) is 2.76. The molecule has 4 heteroatoms. The normalized spacial score (nSPS) is 16.0. The Kier molecular flexibility index (Phi) is 4.36. The number of hydrogen-bond acceptors (Lipinski definition) is 2. The third kappa shape index (κ3) is 3.10. The fourth-order valence-corrected chi connectivity index (χ4v) is 3.87. The fraction of sp³-hybridized carbons (Fsp3) is 0.286. The number of nitrogens with zero attached hydrogens (tertiary/aromatic N) is 3. The van der Waals surface area contributed by atoms with Crippen LogP contribution in [0.2, 0.25) is 5.02 Å². The predicted molar refractivity (Wildman–Crippen MR) is 106 cm³/mol. The number of rotatable bonds is 2. The van der Waals surface area contributed by atoms with Crippen molar-refractivity contribution >= 4 is 34.3 Å². The van der Waals surface area contributed by atoms with Crippen molar-refractivity contribution < 1.29 is 0 Å². The van der Waals surface area contributed by atoms with Crippen molar-refractivity contribution in [1.29, 1.82) is 0 Å². The zero-order valence-electron chi connectivity index (χ0n) is 14.7. The van der Waals surface area contributed by atoms with Gasteiger partial charge in [0.15, 0.2) is 0 Å². The summed E-state index contributed by atoms with van der Waals surface area (Å²) in [4.78, 5) is 6.52. The molecule has 3 aromatic rings. The zero-order valence-corrected chi connectivity index (χ0v) is 15.4. The maximum absolute atomic E-state index is 6.30. The van der Waals surface area contributed by atoms with Crippen LogP contribution >= 0.6 is 11.6 Å². The monoisotopic (exact) mass is 351 g/mol. The van der Waals surface area contributed by atoms with Crippen LogP contribution < -0.4 is 0 Å². The number of pyridine rings is 1. The molecule has 3 heterocycles. The van der Waals surface area contributed by atoms with Crippen LogP contribution in [0.5, 0.6) is 0 Å². The molecule has 0 N–H and O–H groups in total. The van der Waals surface area contributed by atoms with E-state index in [9.17, 15) is 0 Å². The molecule has 2 aromatic heterocycles. The van der Waals surface area contributed by atoms with Gasteiger partial charge in [0.1, 0.15) is 0 Å². The molecule has 0 bridgehead atoms. The van der Waals surface area contributed by atoms with Gasteiger partial charge in [-0.05, 0) is 67.4 Å². The molecule has 0 aliphatic carbocycles. The molecule has 25 heavy (non-hydrogen) atoms. The number of fused-ring (bicyclic) bond motifs is 3. The topological polar surface area (TPSA) is 21.1 Å². The first-order valence-electron chi connectivity index (χ1n) is 8.72. The number of halogens is 1. The highest BCUT2D eigenvalue weighted by Gasteiger charge is 2.20. The SMILES string of the molecule is C/C(=C\n1c2c(c3cc(Cl)ccc31)CCN(C)CC2)c1ccncc1. The number of allylic oxidation sites excluding steroid dienone is 1. The zero-order chi connectivity index (χ0) is 17.4. The van der Waals surface area contributed by atoms with Crippen molar-refractivity contribution in [3.05, 3.63) is 64.6 Å². The summed E-state index contributed by atoms with van der Waals surface area (Å²) in [6.07, 6.45) is 8.07. The number of hydrogen-bond donors (Lipinski definition) is 0. The third-order valence-electron chi connectivity index (χ3n) is 5.11. The van der Waals surface area contributed by atoms with Gasteiger partial charge in [0, 0.05) is 54.2 Å². The summed E-state index contributed by atoms with van der Waals surface area (Å²) in [7, 11) is 2.20. The Morgan fingerprint density at radius 2 is 1.88 bits per heavy atom. The smallest absolute Gasteiger partial charge is 0.0529 e. The second-order valence-electron chi connectivity index (χ2n) is 6.81. The molecule has 128 valence electrons. The van der Waals surface area contributed by atoms with E-state index in [0.717, 1.165) is 31.0 Å².